The molecule has 1 rings (SSSR count). The monoisotopic (exact) mass is 268 g/mol. The van der Waals surface area contributed by atoms with Gasteiger partial charge in [-0.2, -0.15) is 0 Å². The third-order valence-electron chi connectivity index (χ3n) is 3.36. The Kier molecular flexibility index (Phi) is 5.82. The summed E-state index contributed by atoms with van der Waals surface area (Å²) in [6.07, 6.45) is 1.78. The molecule has 1 heterocycles. The van der Waals surface area contributed by atoms with Gasteiger partial charge in [0.2, 0.25) is 5.91 Å². The summed E-state index contributed by atoms with van der Waals surface area (Å²) in [5, 5.41) is 0. The fraction of sp³-hybridized carbons (Fsp3) is 0.643. The fourth-order valence-electron chi connectivity index (χ4n) is 1.95. The molecular weight excluding hydrogens is 244 g/mol. The third kappa shape index (κ3) is 3.82. The summed E-state index contributed by atoms with van der Waals surface area (Å²) >= 11 is 1.76. The number of hydrogen-bond acceptors (Lipinski definition) is 3. The Labute approximate surface area is 114 Å². The summed E-state index contributed by atoms with van der Waals surface area (Å²) in [6.45, 7) is 6.81. The predicted octanol–water partition coefficient (Wildman–Crippen LogP) is 2.95. The number of hydrogen-bond donors (Lipinski definition) is 1. The van der Waals surface area contributed by atoms with Crippen molar-refractivity contribution in [2.24, 2.45) is 11.7 Å². The predicted molar refractivity (Wildman–Crippen MR) is 77.7 cm³/mol. The fourth-order valence-corrected chi connectivity index (χ4v) is 2.93. The van der Waals surface area contributed by atoms with Crippen LogP contribution in [0.3, 0.4) is 0 Å². The molecule has 1 aromatic rings. The average Bonchev–Trinajstić information content (AvgIpc) is 2.79. The maximum absolute atomic E-state index is 12.3. The highest BCUT2D eigenvalue weighted by Crippen LogP contribution is 2.27. The second-order valence-corrected chi connectivity index (χ2v) is 6.22. The van der Waals surface area contributed by atoms with E-state index in [0.717, 1.165) is 12.8 Å². The number of nitrogens with zero attached hydrogens (tertiary/aromatic N) is 1. The molecular formula is C14H24N2OS. The lowest BCUT2D eigenvalue weighted by Gasteiger charge is -2.27. The highest BCUT2D eigenvalue weighted by Gasteiger charge is 2.22. The number of thiophene rings is 1. The maximum atomic E-state index is 12.3. The Morgan fingerprint density at radius 1 is 1.44 bits per heavy atom. The minimum atomic E-state index is 0.0575. The number of nitrogens with two attached hydrogens (primary N) is 1. The lowest BCUT2D eigenvalue weighted by Crippen LogP contribution is -2.33. The van der Waals surface area contributed by atoms with Crippen LogP contribution < -0.4 is 5.73 Å². The standard InChI is InChI=1S/C14H24N2OS/c1-10(6-5-9-15)14(17)16(4)12(3)13-8-7-11(2)18-13/h7-8,10,12H,5-6,9,15H2,1-4H3. The Hall–Kier alpha value is -0.870. The molecule has 0 saturated heterocycles. The molecule has 3 nitrogen and oxygen atoms in total. The zero-order valence-corrected chi connectivity index (χ0v) is 12.6. The number of amides is 1. The molecule has 0 aromatic carbocycles. The van der Waals surface area contributed by atoms with Crippen molar-refractivity contribution >= 4 is 17.2 Å². The molecule has 18 heavy (non-hydrogen) atoms. The van der Waals surface area contributed by atoms with Crippen molar-refractivity contribution in [3.63, 3.8) is 0 Å². The Morgan fingerprint density at radius 3 is 2.61 bits per heavy atom. The van der Waals surface area contributed by atoms with Gasteiger partial charge in [-0.25, -0.2) is 0 Å². The van der Waals surface area contributed by atoms with Crippen molar-refractivity contribution in [3.8, 4) is 0 Å². The number of carbonyl (C=O) groups excluding carboxylic acids is 1. The molecule has 0 saturated carbocycles. The van der Waals surface area contributed by atoms with Crippen LogP contribution in [0.15, 0.2) is 12.1 Å². The Balaban J connectivity index is 2.62. The molecule has 2 atom stereocenters. The largest absolute Gasteiger partial charge is 0.338 e. The van der Waals surface area contributed by atoms with Crippen molar-refractivity contribution in [2.45, 2.75) is 39.7 Å². The first-order chi connectivity index (χ1) is 8.47. The molecule has 2 N–H and O–H groups in total. The summed E-state index contributed by atoms with van der Waals surface area (Å²) in [5.41, 5.74) is 5.48. The van der Waals surface area contributed by atoms with Gasteiger partial charge in [0.05, 0.1) is 6.04 Å². The van der Waals surface area contributed by atoms with Gasteiger partial charge in [0.25, 0.3) is 0 Å². The summed E-state index contributed by atoms with van der Waals surface area (Å²) in [5.74, 6) is 0.268. The van der Waals surface area contributed by atoms with E-state index in [-0.39, 0.29) is 17.9 Å². The van der Waals surface area contributed by atoms with Gasteiger partial charge >= 0.3 is 0 Å². The van der Waals surface area contributed by atoms with Crippen LogP contribution in [-0.4, -0.2) is 24.4 Å². The normalized spacial score (nSPS) is 14.3. The van der Waals surface area contributed by atoms with Crippen LogP contribution in [0.1, 0.15) is 42.5 Å². The molecule has 2 unspecified atom stereocenters. The molecule has 0 aliphatic carbocycles. The molecule has 1 aromatic heterocycles. The van der Waals surface area contributed by atoms with Crippen molar-refractivity contribution < 1.29 is 4.79 Å². The number of aryl methyl sites for hydroxylation is 1. The van der Waals surface area contributed by atoms with E-state index in [0.29, 0.717) is 6.54 Å². The van der Waals surface area contributed by atoms with E-state index >= 15 is 0 Å². The molecule has 0 aliphatic heterocycles. The molecule has 0 spiro atoms. The molecule has 4 heteroatoms. The minimum Gasteiger partial charge on any atom is -0.338 e. The minimum absolute atomic E-state index is 0.0575. The lowest BCUT2D eigenvalue weighted by atomic mass is 10.0. The first-order valence-corrected chi connectivity index (χ1v) is 7.32. The van der Waals surface area contributed by atoms with Crippen molar-refractivity contribution in [1.82, 2.24) is 4.90 Å². The van der Waals surface area contributed by atoms with E-state index in [1.165, 1.54) is 9.75 Å². The van der Waals surface area contributed by atoms with E-state index in [4.69, 9.17) is 5.73 Å². The highest BCUT2D eigenvalue weighted by molar-refractivity contribution is 7.12. The molecule has 0 bridgehead atoms. The second kappa shape index (κ2) is 6.90. The third-order valence-corrected chi connectivity index (χ3v) is 4.54. The molecule has 0 radical (unpaired) electrons. The topological polar surface area (TPSA) is 46.3 Å². The Bertz CT molecular complexity index is 389. The van der Waals surface area contributed by atoms with E-state index in [1.807, 2.05) is 18.9 Å². The molecule has 0 fully saturated rings. The van der Waals surface area contributed by atoms with Crippen LogP contribution in [0.25, 0.3) is 0 Å². The van der Waals surface area contributed by atoms with Gasteiger partial charge in [0.15, 0.2) is 0 Å². The average molecular weight is 268 g/mol. The Morgan fingerprint density at radius 2 is 2.11 bits per heavy atom. The summed E-state index contributed by atoms with van der Waals surface area (Å²) in [6, 6.07) is 4.36. The van der Waals surface area contributed by atoms with E-state index in [1.54, 1.807) is 11.3 Å². The first kappa shape index (κ1) is 15.2. The van der Waals surface area contributed by atoms with Gasteiger partial charge in [-0.05, 0) is 45.4 Å². The number of rotatable bonds is 6. The van der Waals surface area contributed by atoms with Gasteiger partial charge in [0, 0.05) is 22.7 Å². The highest BCUT2D eigenvalue weighted by atomic mass is 32.1. The quantitative estimate of drug-likeness (QED) is 0.862. The zero-order valence-electron chi connectivity index (χ0n) is 11.8. The second-order valence-electron chi connectivity index (χ2n) is 4.91. The zero-order chi connectivity index (χ0) is 13.7. The van der Waals surface area contributed by atoms with Gasteiger partial charge in [-0.1, -0.05) is 6.92 Å². The van der Waals surface area contributed by atoms with Crippen molar-refractivity contribution in [3.05, 3.63) is 21.9 Å². The maximum Gasteiger partial charge on any atom is 0.225 e. The van der Waals surface area contributed by atoms with Crippen LogP contribution in [-0.2, 0) is 4.79 Å². The van der Waals surface area contributed by atoms with Gasteiger partial charge < -0.3 is 10.6 Å². The van der Waals surface area contributed by atoms with Crippen molar-refractivity contribution in [2.75, 3.05) is 13.6 Å². The molecule has 102 valence electrons. The summed E-state index contributed by atoms with van der Waals surface area (Å²) in [4.78, 5) is 16.6. The van der Waals surface area contributed by atoms with Crippen LogP contribution in [0.4, 0.5) is 0 Å². The van der Waals surface area contributed by atoms with E-state index in [2.05, 4.69) is 26.0 Å². The van der Waals surface area contributed by atoms with Crippen molar-refractivity contribution in [1.29, 1.82) is 0 Å². The van der Waals surface area contributed by atoms with E-state index < -0.39 is 0 Å². The van der Waals surface area contributed by atoms with Crippen LogP contribution in [0.5, 0.6) is 0 Å². The van der Waals surface area contributed by atoms with E-state index in [9.17, 15) is 4.79 Å². The summed E-state index contributed by atoms with van der Waals surface area (Å²) in [7, 11) is 1.89. The van der Waals surface area contributed by atoms with Gasteiger partial charge in [-0.15, -0.1) is 11.3 Å². The lowest BCUT2D eigenvalue weighted by molar-refractivity contribution is -0.135. The van der Waals surface area contributed by atoms with Crippen LogP contribution >= 0.6 is 11.3 Å². The van der Waals surface area contributed by atoms with Gasteiger partial charge in [0.1, 0.15) is 0 Å². The number of carbonyl (C=O) groups is 1. The smallest absolute Gasteiger partial charge is 0.225 e. The molecule has 0 aliphatic rings. The molecule has 1 amide bonds. The first-order valence-electron chi connectivity index (χ1n) is 6.50. The summed E-state index contributed by atoms with van der Waals surface area (Å²) < 4.78 is 0. The van der Waals surface area contributed by atoms with Crippen LogP contribution in [0, 0.1) is 12.8 Å². The SMILES string of the molecule is Cc1ccc(C(C)N(C)C(=O)C(C)CCCN)s1. The van der Waals surface area contributed by atoms with Gasteiger partial charge in [-0.3, -0.25) is 4.79 Å². The van der Waals surface area contributed by atoms with Crippen LogP contribution in [0.2, 0.25) is 0 Å².